The first-order chi connectivity index (χ1) is 8.20. The highest BCUT2D eigenvalue weighted by molar-refractivity contribution is 5.83. The Bertz CT molecular complexity index is 337. The summed E-state index contributed by atoms with van der Waals surface area (Å²) in [4.78, 5) is 12.1. The van der Waals surface area contributed by atoms with Gasteiger partial charge in [0.05, 0.1) is 5.92 Å². The third-order valence-electron chi connectivity index (χ3n) is 3.10. The first kappa shape index (κ1) is 13.7. The molecule has 1 rings (SSSR count). The van der Waals surface area contributed by atoms with Crippen molar-refractivity contribution < 1.29 is 4.79 Å². The quantitative estimate of drug-likeness (QED) is 0.789. The van der Waals surface area contributed by atoms with Gasteiger partial charge in [0, 0.05) is 13.1 Å². The van der Waals surface area contributed by atoms with Crippen LogP contribution in [0.1, 0.15) is 31.7 Å². The lowest BCUT2D eigenvalue weighted by molar-refractivity contribution is -0.123. The van der Waals surface area contributed by atoms with Gasteiger partial charge in [0.2, 0.25) is 5.91 Å². The largest absolute Gasteiger partial charge is 0.354 e. The van der Waals surface area contributed by atoms with Crippen molar-refractivity contribution in [3.8, 4) is 0 Å². The van der Waals surface area contributed by atoms with Crippen LogP contribution in [0.25, 0.3) is 0 Å². The molecule has 0 saturated heterocycles. The molecule has 17 heavy (non-hydrogen) atoms. The molecule has 0 fully saturated rings. The number of rotatable bonds is 6. The lowest BCUT2D eigenvalue weighted by Crippen LogP contribution is -2.35. The molecule has 0 radical (unpaired) electrons. The molecule has 94 valence electrons. The molecule has 1 aromatic rings. The average molecular weight is 234 g/mol. The summed E-state index contributed by atoms with van der Waals surface area (Å²) in [6, 6.07) is 9.94. The predicted octanol–water partition coefficient (Wildman–Crippen LogP) is 1.89. The van der Waals surface area contributed by atoms with E-state index in [9.17, 15) is 4.79 Å². The van der Waals surface area contributed by atoms with Gasteiger partial charge in [0.1, 0.15) is 0 Å². The molecular formula is C14H22N2O. The van der Waals surface area contributed by atoms with E-state index in [2.05, 4.69) is 19.2 Å². The highest BCUT2D eigenvalue weighted by Crippen LogP contribution is 2.26. The minimum Gasteiger partial charge on any atom is -0.354 e. The van der Waals surface area contributed by atoms with E-state index in [1.807, 2.05) is 30.3 Å². The maximum Gasteiger partial charge on any atom is 0.227 e. The Labute approximate surface area is 103 Å². The maximum atomic E-state index is 12.1. The third kappa shape index (κ3) is 3.86. The molecule has 3 heteroatoms. The van der Waals surface area contributed by atoms with Crippen LogP contribution in [-0.2, 0) is 4.79 Å². The Morgan fingerprint density at radius 1 is 1.35 bits per heavy atom. The molecule has 0 aliphatic carbocycles. The van der Waals surface area contributed by atoms with Crippen LogP contribution in [0.4, 0.5) is 0 Å². The number of amides is 1. The minimum absolute atomic E-state index is 0.0762. The van der Waals surface area contributed by atoms with Gasteiger partial charge in [-0.05, 0) is 11.5 Å². The van der Waals surface area contributed by atoms with Crippen molar-refractivity contribution >= 4 is 5.91 Å². The number of benzene rings is 1. The Kier molecular flexibility index (Phi) is 5.70. The van der Waals surface area contributed by atoms with Gasteiger partial charge in [-0.25, -0.2) is 0 Å². The summed E-state index contributed by atoms with van der Waals surface area (Å²) in [5.41, 5.74) is 6.49. The molecule has 0 bridgehead atoms. The number of carbonyl (C=O) groups is 1. The minimum atomic E-state index is -0.0762. The van der Waals surface area contributed by atoms with Crippen molar-refractivity contribution in [1.29, 1.82) is 0 Å². The van der Waals surface area contributed by atoms with Gasteiger partial charge in [0.15, 0.2) is 0 Å². The molecule has 0 aliphatic rings. The molecule has 0 aromatic heterocycles. The molecule has 2 unspecified atom stereocenters. The molecule has 3 N–H and O–H groups in total. The first-order valence-electron chi connectivity index (χ1n) is 6.23. The SMILES string of the molecule is CCC(C)C(C(=O)NCCN)c1ccccc1. The van der Waals surface area contributed by atoms with Crippen LogP contribution in [0, 0.1) is 5.92 Å². The standard InChI is InChI=1S/C14H22N2O/c1-3-11(2)13(14(17)16-10-9-15)12-7-5-4-6-8-12/h4-8,11,13H,3,9-10,15H2,1-2H3,(H,16,17). The highest BCUT2D eigenvalue weighted by atomic mass is 16.1. The monoisotopic (exact) mass is 234 g/mol. The van der Waals surface area contributed by atoms with Gasteiger partial charge in [-0.3, -0.25) is 4.79 Å². The van der Waals surface area contributed by atoms with E-state index in [1.165, 1.54) is 0 Å². The fourth-order valence-electron chi connectivity index (χ4n) is 1.94. The Morgan fingerprint density at radius 2 is 2.00 bits per heavy atom. The van der Waals surface area contributed by atoms with Crippen molar-refractivity contribution in [3.63, 3.8) is 0 Å². The normalized spacial score (nSPS) is 14.1. The second kappa shape index (κ2) is 7.07. The number of nitrogens with one attached hydrogen (secondary N) is 1. The topological polar surface area (TPSA) is 55.1 Å². The Hall–Kier alpha value is -1.35. The number of carbonyl (C=O) groups excluding carboxylic acids is 1. The summed E-state index contributed by atoms with van der Waals surface area (Å²) in [5, 5.41) is 2.88. The fraction of sp³-hybridized carbons (Fsp3) is 0.500. The second-order valence-electron chi connectivity index (χ2n) is 4.35. The lowest BCUT2D eigenvalue weighted by atomic mass is 9.85. The lowest BCUT2D eigenvalue weighted by Gasteiger charge is -2.22. The highest BCUT2D eigenvalue weighted by Gasteiger charge is 2.25. The van der Waals surface area contributed by atoms with Gasteiger partial charge in [0.25, 0.3) is 0 Å². The van der Waals surface area contributed by atoms with Crippen molar-refractivity contribution in [2.45, 2.75) is 26.2 Å². The van der Waals surface area contributed by atoms with Gasteiger partial charge < -0.3 is 11.1 Å². The van der Waals surface area contributed by atoms with Crippen molar-refractivity contribution in [1.82, 2.24) is 5.32 Å². The van der Waals surface area contributed by atoms with E-state index in [1.54, 1.807) is 0 Å². The smallest absolute Gasteiger partial charge is 0.227 e. The summed E-state index contributed by atoms with van der Waals surface area (Å²) < 4.78 is 0. The van der Waals surface area contributed by atoms with E-state index >= 15 is 0 Å². The molecule has 0 aliphatic heterocycles. The number of hydrogen-bond donors (Lipinski definition) is 2. The van der Waals surface area contributed by atoms with Gasteiger partial charge >= 0.3 is 0 Å². The van der Waals surface area contributed by atoms with E-state index in [-0.39, 0.29) is 11.8 Å². The average Bonchev–Trinajstić information content (AvgIpc) is 2.37. The van der Waals surface area contributed by atoms with Crippen molar-refractivity contribution in [2.24, 2.45) is 11.7 Å². The van der Waals surface area contributed by atoms with Crippen LogP contribution in [0.2, 0.25) is 0 Å². The summed E-state index contributed by atoms with van der Waals surface area (Å²) in [5.74, 6) is 0.332. The zero-order valence-electron chi connectivity index (χ0n) is 10.6. The van der Waals surface area contributed by atoms with Crippen molar-refractivity contribution in [2.75, 3.05) is 13.1 Å². The van der Waals surface area contributed by atoms with Gasteiger partial charge in [-0.2, -0.15) is 0 Å². The van der Waals surface area contributed by atoms with Gasteiger partial charge in [-0.1, -0.05) is 50.6 Å². The van der Waals surface area contributed by atoms with E-state index in [0.717, 1.165) is 12.0 Å². The molecule has 1 aromatic carbocycles. The fourth-order valence-corrected chi connectivity index (χ4v) is 1.94. The van der Waals surface area contributed by atoms with Crippen molar-refractivity contribution in [3.05, 3.63) is 35.9 Å². The summed E-state index contributed by atoms with van der Waals surface area (Å²) in [7, 11) is 0. The molecule has 0 spiro atoms. The van der Waals surface area contributed by atoms with E-state index in [0.29, 0.717) is 19.0 Å². The molecule has 3 nitrogen and oxygen atoms in total. The van der Waals surface area contributed by atoms with Crippen LogP contribution in [-0.4, -0.2) is 19.0 Å². The van der Waals surface area contributed by atoms with Crippen LogP contribution in [0.15, 0.2) is 30.3 Å². The molecular weight excluding hydrogens is 212 g/mol. The van der Waals surface area contributed by atoms with Crippen LogP contribution >= 0.6 is 0 Å². The third-order valence-corrected chi connectivity index (χ3v) is 3.10. The Morgan fingerprint density at radius 3 is 2.53 bits per heavy atom. The maximum absolute atomic E-state index is 12.1. The van der Waals surface area contributed by atoms with Crippen LogP contribution < -0.4 is 11.1 Å². The molecule has 0 saturated carbocycles. The van der Waals surface area contributed by atoms with Crippen LogP contribution in [0.3, 0.4) is 0 Å². The molecule has 0 heterocycles. The zero-order chi connectivity index (χ0) is 12.7. The van der Waals surface area contributed by atoms with Crippen LogP contribution in [0.5, 0.6) is 0 Å². The van der Waals surface area contributed by atoms with E-state index in [4.69, 9.17) is 5.73 Å². The summed E-state index contributed by atoms with van der Waals surface area (Å²) >= 11 is 0. The number of hydrogen-bond acceptors (Lipinski definition) is 2. The second-order valence-corrected chi connectivity index (χ2v) is 4.35. The summed E-state index contributed by atoms with van der Waals surface area (Å²) in [6.45, 7) is 5.24. The summed E-state index contributed by atoms with van der Waals surface area (Å²) in [6.07, 6.45) is 0.982. The Balaban J connectivity index is 2.85. The first-order valence-corrected chi connectivity index (χ1v) is 6.23. The number of nitrogens with two attached hydrogens (primary N) is 1. The predicted molar refractivity (Wildman–Crippen MR) is 70.7 cm³/mol. The zero-order valence-corrected chi connectivity index (χ0v) is 10.6. The van der Waals surface area contributed by atoms with E-state index < -0.39 is 0 Å². The molecule has 1 amide bonds. The molecule has 2 atom stereocenters. The van der Waals surface area contributed by atoms with Gasteiger partial charge in [-0.15, -0.1) is 0 Å².